The molecule has 0 aromatic carbocycles. The van der Waals surface area contributed by atoms with Crippen molar-refractivity contribution < 1.29 is 14.7 Å². The summed E-state index contributed by atoms with van der Waals surface area (Å²) in [5.74, 6) is -0.817. The summed E-state index contributed by atoms with van der Waals surface area (Å²) in [5.41, 5.74) is -0.702. The van der Waals surface area contributed by atoms with Gasteiger partial charge in [0, 0.05) is 32.7 Å². The van der Waals surface area contributed by atoms with Gasteiger partial charge in [0.2, 0.25) is 0 Å². The first-order chi connectivity index (χ1) is 8.99. The lowest BCUT2D eigenvalue weighted by Gasteiger charge is -2.36. The number of likely N-dealkylation sites (tertiary alicyclic amines) is 1. The molecule has 2 heterocycles. The van der Waals surface area contributed by atoms with Gasteiger partial charge < -0.3 is 20.2 Å². The van der Waals surface area contributed by atoms with Gasteiger partial charge in [-0.15, -0.1) is 0 Å². The second-order valence-corrected chi connectivity index (χ2v) is 5.68. The maximum Gasteiger partial charge on any atom is 0.312 e. The van der Waals surface area contributed by atoms with E-state index in [0.29, 0.717) is 39.0 Å². The van der Waals surface area contributed by atoms with Crippen LogP contribution in [0.1, 0.15) is 26.2 Å². The summed E-state index contributed by atoms with van der Waals surface area (Å²) in [4.78, 5) is 27.5. The second-order valence-electron chi connectivity index (χ2n) is 5.68. The third-order valence-electron chi connectivity index (χ3n) is 3.94. The molecule has 6 heteroatoms. The van der Waals surface area contributed by atoms with Gasteiger partial charge in [0.25, 0.3) is 0 Å². The molecular weight excluding hydrogens is 246 g/mol. The van der Waals surface area contributed by atoms with E-state index >= 15 is 0 Å². The van der Waals surface area contributed by atoms with E-state index in [-0.39, 0.29) is 0 Å². The Morgan fingerprint density at radius 1 is 1.00 bits per heavy atom. The van der Waals surface area contributed by atoms with E-state index in [1.54, 1.807) is 16.7 Å². The molecule has 0 radical (unpaired) electrons. The largest absolute Gasteiger partial charge is 0.390 e. The predicted molar refractivity (Wildman–Crippen MR) is 70.5 cm³/mol. The Bertz CT molecular complexity index is 339. The van der Waals surface area contributed by atoms with Crippen LogP contribution in [0.3, 0.4) is 0 Å². The molecule has 0 atom stereocenters. The molecule has 19 heavy (non-hydrogen) atoms. The van der Waals surface area contributed by atoms with Crippen LogP contribution in [-0.4, -0.2) is 71.6 Å². The number of rotatable bonds is 0. The van der Waals surface area contributed by atoms with Crippen molar-refractivity contribution in [3.63, 3.8) is 0 Å². The minimum Gasteiger partial charge on any atom is -0.390 e. The first-order valence-electron chi connectivity index (χ1n) is 7.01. The first kappa shape index (κ1) is 14.3. The highest BCUT2D eigenvalue weighted by Crippen LogP contribution is 2.21. The van der Waals surface area contributed by atoms with E-state index in [4.69, 9.17) is 0 Å². The Morgan fingerprint density at radius 2 is 1.58 bits per heavy atom. The molecule has 2 fully saturated rings. The van der Waals surface area contributed by atoms with Gasteiger partial charge in [-0.3, -0.25) is 9.59 Å². The minimum atomic E-state index is -0.702. The second kappa shape index (κ2) is 5.88. The average Bonchev–Trinajstić information content (AvgIpc) is 2.66. The standard InChI is InChI=1S/C13H23N3O3/c1-13(19)3-8-16(9-4-13)12(18)11(17)15-7-2-5-14-6-10-15/h14,19H,2-10H2,1H3. The van der Waals surface area contributed by atoms with Crippen molar-refractivity contribution in [3.05, 3.63) is 0 Å². The number of amides is 2. The van der Waals surface area contributed by atoms with Crippen molar-refractivity contribution in [2.24, 2.45) is 0 Å². The van der Waals surface area contributed by atoms with Gasteiger partial charge in [-0.05, 0) is 32.7 Å². The fraction of sp³-hybridized carbons (Fsp3) is 0.846. The quantitative estimate of drug-likeness (QED) is 0.564. The number of aliphatic hydroxyl groups is 1. The summed E-state index contributed by atoms with van der Waals surface area (Å²) >= 11 is 0. The highest BCUT2D eigenvalue weighted by atomic mass is 16.3. The monoisotopic (exact) mass is 269 g/mol. The summed E-state index contributed by atoms with van der Waals surface area (Å²) in [6.07, 6.45) is 1.95. The zero-order valence-electron chi connectivity index (χ0n) is 11.5. The SMILES string of the molecule is CC1(O)CCN(C(=O)C(=O)N2CCCNCC2)CC1. The van der Waals surface area contributed by atoms with Crippen molar-refractivity contribution in [1.29, 1.82) is 0 Å². The lowest BCUT2D eigenvalue weighted by atomic mass is 9.94. The highest BCUT2D eigenvalue weighted by Gasteiger charge is 2.33. The summed E-state index contributed by atoms with van der Waals surface area (Å²) < 4.78 is 0. The number of nitrogens with one attached hydrogen (secondary N) is 1. The maximum absolute atomic E-state index is 12.2. The van der Waals surface area contributed by atoms with Gasteiger partial charge in [0.1, 0.15) is 0 Å². The van der Waals surface area contributed by atoms with Crippen LogP contribution < -0.4 is 5.32 Å². The molecule has 2 rings (SSSR count). The van der Waals surface area contributed by atoms with Crippen molar-refractivity contribution in [2.75, 3.05) is 39.3 Å². The Hall–Kier alpha value is -1.14. The van der Waals surface area contributed by atoms with Crippen LogP contribution in [-0.2, 0) is 9.59 Å². The Balaban J connectivity index is 1.90. The summed E-state index contributed by atoms with van der Waals surface area (Å²) in [6, 6.07) is 0. The van der Waals surface area contributed by atoms with Gasteiger partial charge in [0.05, 0.1) is 5.60 Å². The molecular formula is C13H23N3O3. The molecule has 6 nitrogen and oxygen atoms in total. The zero-order valence-corrected chi connectivity index (χ0v) is 11.5. The number of carbonyl (C=O) groups is 2. The van der Waals surface area contributed by atoms with Crippen LogP contribution in [0.4, 0.5) is 0 Å². The molecule has 0 bridgehead atoms. The first-order valence-corrected chi connectivity index (χ1v) is 7.01. The average molecular weight is 269 g/mol. The van der Waals surface area contributed by atoms with Crippen molar-refractivity contribution in [2.45, 2.75) is 31.8 Å². The fourth-order valence-electron chi connectivity index (χ4n) is 2.51. The third-order valence-corrected chi connectivity index (χ3v) is 3.94. The van der Waals surface area contributed by atoms with Gasteiger partial charge >= 0.3 is 11.8 Å². The maximum atomic E-state index is 12.2. The molecule has 2 saturated heterocycles. The molecule has 0 spiro atoms. The molecule has 0 saturated carbocycles. The van der Waals surface area contributed by atoms with Crippen LogP contribution in [0.5, 0.6) is 0 Å². The van der Waals surface area contributed by atoms with Crippen LogP contribution in [0.2, 0.25) is 0 Å². The van der Waals surface area contributed by atoms with Gasteiger partial charge in [0.15, 0.2) is 0 Å². The molecule has 0 aromatic rings. The van der Waals surface area contributed by atoms with E-state index in [9.17, 15) is 14.7 Å². The molecule has 2 N–H and O–H groups in total. The topological polar surface area (TPSA) is 72.9 Å². The molecule has 0 aromatic heterocycles. The number of hydrogen-bond donors (Lipinski definition) is 2. The number of hydrogen-bond acceptors (Lipinski definition) is 4. The summed E-state index contributed by atoms with van der Waals surface area (Å²) in [5, 5.41) is 13.1. The number of carbonyl (C=O) groups excluding carboxylic acids is 2. The normalized spacial score (nSPS) is 23.9. The van der Waals surface area contributed by atoms with Gasteiger partial charge in [-0.1, -0.05) is 0 Å². The Morgan fingerprint density at radius 3 is 2.21 bits per heavy atom. The summed E-state index contributed by atoms with van der Waals surface area (Å²) in [7, 11) is 0. The predicted octanol–water partition coefficient (Wildman–Crippen LogP) is -0.818. The van der Waals surface area contributed by atoms with Gasteiger partial charge in [-0.2, -0.15) is 0 Å². The van der Waals surface area contributed by atoms with E-state index < -0.39 is 17.4 Å². The van der Waals surface area contributed by atoms with E-state index in [1.807, 2.05) is 0 Å². The van der Waals surface area contributed by atoms with E-state index in [2.05, 4.69) is 5.32 Å². The van der Waals surface area contributed by atoms with Crippen LogP contribution in [0.15, 0.2) is 0 Å². The summed E-state index contributed by atoms with van der Waals surface area (Å²) in [6.45, 7) is 5.57. The lowest BCUT2D eigenvalue weighted by molar-refractivity contribution is -0.153. The molecule has 2 aliphatic rings. The Kier molecular flexibility index (Phi) is 4.42. The molecule has 2 amide bonds. The molecule has 108 valence electrons. The van der Waals surface area contributed by atoms with E-state index in [1.165, 1.54) is 0 Å². The van der Waals surface area contributed by atoms with Crippen molar-refractivity contribution in [1.82, 2.24) is 15.1 Å². The Labute approximate surface area is 113 Å². The third kappa shape index (κ3) is 3.67. The van der Waals surface area contributed by atoms with E-state index in [0.717, 1.165) is 19.5 Å². The van der Waals surface area contributed by atoms with Crippen LogP contribution >= 0.6 is 0 Å². The van der Waals surface area contributed by atoms with Crippen LogP contribution in [0, 0.1) is 0 Å². The van der Waals surface area contributed by atoms with Crippen molar-refractivity contribution >= 4 is 11.8 Å². The lowest BCUT2D eigenvalue weighted by Crippen LogP contribution is -2.51. The molecule has 0 aliphatic carbocycles. The van der Waals surface area contributed by atoms with Crippen LogP contribution in [0.25, 0.3) is 0 Å². The minimum absolute atomic E-state index is 0.398. The molecule has 2 aliphatic heterocycles. The fourth-order valence-corrected chi connectivity index (χ4v) is 2.51. The van der Waals surface area contributed by atoms with Crippen molar-refractivity contribution in [3.8, 4) is 0 Å². The smallest absolute Gasteiger partial charge is 0.312 e. The number of piperidine rings is 1. The highest BCUT2D eigenvalue weighted by molar-refractivity contribution is 6.34. The van der Waals surface area contributed by atoms with Gasteiger partial charge in [-0.25, -0.2) is 0 Å². The number of nitrogens with zero attached hydrogens (tertiary/aromatic N) is 2. The zero-order chi connectivity index (χ0) is 13.9. The molecule has 0 unspecified atom stereocenters.